The third kappa shape index (κ3) is 19.6. The van der Waals surface area contributed by atoms with Crippen LogP contribution in [0.5, 0.6) is 0 Å². The average Bonchev–Trinajstić information content (AvgIpc) is 3.52. The number of carbonyl (C=O) groups is 3. The van der Waals surface area contributed by atoms with Crippen molar-refractivity contribution in [3.05, 3.63) is 60.8 Å². The van der Waals surface area contributed by atoms with E-state index < -0.39 is 55.4 Å². The first-order valence-corrected chi connectivity index (χ1v) is 20.3. The van der Waals surface area contributed by atoms with Crippen LogP contribution in [0.25, 0.3) is 0 Å². The molecule has 0 aromatic rings. The number of unbranched alkanes of at least 4 members (excludes halogenated alkanes) is 7. The molecule has 0 aromatic heterocycles. The van der Waals surface area contributed by atoms with E-state index in [9.17, 15) is 34.8 Å². The summed E-state index contributed by atoms with van der Waals surface area (Å²) in [5.74, 6) is -0.335. The van der Waals surface area contributed by atoms with Crippen LogP contribution in [0.3, 0.4) is 0 Å². The van der Waals surface area contributed by atoms with E-state index >= 15 is 0 Å². The van der Waals surface area contributed by atoms with Crippen LogP contribution in [0, 0.1) is 11.8 Å². The molecule has 1 aliphatic heterocycles. The van der Waals surface area contributed by atoms with Crippen molar-refractivity contribution >= 4 is 17.7 Å². The number of esters is 2. The monoisotopic (exact) mass is 760 g/mol. The molecule has 1 heterocycles. The SMILES string of the molecule is CC/C=C\C/C=C\C/C=C\CCCCCC(=O)O[C@H](COC(=O)CCCCCCC[C@H]1C=CC(=O)[C@H]1C/C=C\CC)CO[C@@H]1O[C@H](CO)[C@H](O)[C@H](O)[C@H]1O. The zero-order chi connectivity index (χ0) is 39.4. The highest BCUT2D eigenvalue weighted by Gasteiger charge is 2.44. The summed E-state index contributed by atoms with van der Waals surface area (Å²) in [5.41, 5.74) is 0. The zero-order valence-corrected chi connectivity index (χ0v) is 32.7. The highest BCUT2D eigenvalue weighted by Crippen LogP contribution is 2.30. The molecular formula is C43H68O11. The summed E-state index contributed by atoms with van der Waals surface area (Å²) in [6, 6.07) is 0. The highest BCUT2D eigenvalue weighted by molar-refractivity contribution is 5.94. The minimum atomic E-state index is -1.62. The summed E-state index contributed by atoms with van der Waals surface area (Å²) >= 11 is 0. The molecule has 0 amide bonds. The summed E-state index contributed by atoms with van der Waals surface area (Å²) in [6.45, 7) is 3.01. The van der Waals surface area contributed by atoms with Crippen LogP contribution in [0.4, 0.5) is 0 Å². The molecule has 1 fully saturated rings. The summed E-state index contributed by atoms with van der Waals surface area (Å²) < 4.78 is 22.0. The van der Waals surface area contributed by atoms with Gasteiger partial charge in [-0.1, -0.05) is 101 Å². The first-order chi connectivity index (χ1) is 26.2. The third-order valence-electron chi connectivity index (χ3n) is 9.66. The maximum atomic E-state index is 12.7. The van der Waals surface area contributed by atoms with Crippen LogP contribution in [-0.4, -0.2) is 94.8 Å². The summed E-state index contributed by atoms with van der Waals surface area (Å²) in [4.78, 5) is 37.5. The number of aliphatic hydroxyl groups is 4. The van der Waals surface area contributed by atoms with Crippen LogP contribution in [-0.2, 0) is 33.3 Å². The first-order valence-electron chi connectivity index (χ1n) is 20.3. The fraction of sp³-hybridized carbons (Fsp3) is 0.698. The van der Waals surface area contributed by atoms with Gasteiger partial charge in [0, 0.05) is 18.8 Å². The van der Waals surface area contributed by atoms with E-state index in [0.717, 1.165) is 83.5 Å². The topological polar surface area (TPSA) is 169 Å². The van der Waals surface area contributed by atoms with Gasteiger partial charge in [0.15, 0.2) is 18.2 Å². The summed E-state index contributed by atoms with van der Waals surface area (Å²) in [7, 11) is 0. The van der Waals surface area contributed by atoms with Crippen molar-refractivity contribution in [3.63, 3.8) is 0 Å². The first kappa shape index (κ1) is 47.2. The van der Waals surface area contributed by atoms with Crippen LogP contribution in [0.2, 0.25) is 0 Å². The second-order valence-electron chi connectivity index (χ2n) is 14.2. The van der Waals surface area contributed by atoms with Crippen LogP contribution in [0.15, 0.2) is 60.8 Å². The fourth-order valence-corrected chi connectivity index (χ4v) is 6.43. The Labute approximate surface area is 323 Å². The van der Waals surface area contributed by atoms with Crippen molar-refractivity contribution in [2.24, 2.45) is 11.8 Å². The van der Waals surface area contributed by atoms with Gasteiger partial charge in [-0.2, -0.15) is 0 Å². The van der Waals surface area contributed by atoms with Gasteiger partial charge in [-0.15, -0.1) is 0 Å². The van der Waals surface area contributed by atoms with Gasteiger partial charge < -0.3 is 39.4 Å². The van der Waals surface area contributed by atoms with E-state index in [2.05, 4.69) is 68.5 Å². The Morgan fingerprint density at radius 3 is 2.11 bits per heavy atom. The Morgan fingerprint density at radius 1 is 0.759 bits per heavy atom. The van der Waals surface area contributed by atoms with E-state index in [1.54, 1.807) is 6.08 Å². The average molecular weight is 761 g/mol. The zero-order valence-electron chi connectivity index (χ0n) is 32.7. The van der Waals surface area contributed by atoms with Crippen LogP contribution < -0.4 is 0 Å². The Bertz CT molecular complexity index is 1190. The minimum absolute atomic E-state index is 0.0573. The van der Waals surface area contributed by atoms with Gasteiger partial charge in [-0.05, 0) is 76.2 Å². The van der Waals surface area contributed by atoms with Crippen molar-refractivity contribution in [1.29, 1.82) is 0 Å². The molecule has 1 saturated heterocycles. The van der Waals surface area contributed by atoms with Crippen LogP contribution >= 0.6 is 0 Å². The number of allylic oxidation sites excluding steroid dienone is 10. The molecule has 2 aliphatic rings. The lowest BCUT2D eigenvalue weighted by molar-refractivity contribution is -0.305. The van der Waals surface area contributed by atoms with E-state index in [0.29, 0.717) is 18.8 Å². The molecule has 306 valence electrons. The van der Waals surface area contributed by atoms with Gasteiger partial charge in [0.1, 0.15) is 31.0 Å². The Balaban J connectivity index is 1.73. The quantitative estimate of drug-likeness (QED) is 0.0372. The predicted molar refractivity (Wildman–Crippen MR) is 208 cm³/mol. The lowest BCUT2D eigenvalue weighted by Gasteiger charge is -2.39. The van der Waals surface area contributed by atoms with Gasteiger partial charge in [-0.25, -0.2) is 0 Å². The molecule has 0 unspecified atom stereocenters. The van der Waals surface area contributed by atoms with E-state index in [1.165, 1.54) is 0 Å². The normalized spacial score (nSPS) is 25.1. The van der Waals surface area contributed by atoms with E-state index in [4.69, 9.17) is 18.9 Å². The van der Waals surface area contributed by atoms with Gasteiger partial charge in [0.25, 0.3) is 0 Å². The van der Waals surface area contributed by atoms with Gasteiger partial charge in [-0.3, -0.25) is 14.4 Å². The molecule has 0 bridgehead atoms. The fourth-order valence-electron chi connectivity index (χ4n) is 6.43. The molecule has 4 N–H and O–H groups in total. The lowest BCUT2D eigenvalue weighted by Crippen LogP contribution is -2.59. The van der Waals surface area contributed by atoms with E-state index in [1.807, 2.05) is 0 Å². The van der Waals surface area contributed by atoms with E-state index in [-0.39, 0.29) is 37.8 Å². The Kier molecular flexibility index (Phi) is 25.7. The molecule has 11 heteroatoms. The summed E-state index contributed by atoms with van der Waals surface area (Å²) in [5, 5.41) is 40.0. The second kappa shape index (κ2) is 29.4. The van der Waals surface area contributed by atoms with Crippen LogP contribution in [0.1, 0.15) is 123 Å². The van der Waals surface area contributed by atoms with Crippen molar-refractivity contribution in [2.45, 2.75) is 160 Å². The number of hydrogen-bond acceptors (Lipinski definition) is 11. The molecular weight excluding hydrogens is 692 g/mol. The number of ether oxygens (including phenoxy) is 4. The van der Waals surface area contributed by atoms with Gasteiger partial charge in [0.2, 0.25) is 0 Å². The van der Waals surface area contributed by atoms with Gasteiger partial charge >= 0.3 is 11.9 Å². The molecule has 8 atom stereocenters. The highest BCUT2D eigenvalue weighted by atomic mass is 16.7. The smallest absolute Gasteiger partial charge is 0.306 e. The molecule has 0 spiro atoms. The van der Waals surface area contributed by atoms with Crippen molar-refractivity contribution < 1.29 is 53.8 Å². The number of rotatable bonds is 29. The van der Waals surface area contributed by atoms with Crippen molar-refractivity contribution in [2.75, 3.05) is 19.8 Å². The number of carbonyl (C=O) groups excluding carboxylic acids is 3. The maximum Gasteiger partial charge on any atom is 0.306 e. The molecule has 0 radical (unpaired) electrons. The molecule has 11 nitrogen and oxygen atoms in total. The minimum Gasteiger partial charge on any atom is -0.462 e. The number of ketones is 1. The number of aliphatic hydroxyl groups excluding tert-OH is 4. The maximum absolute atomic E-state index is 12.7. The molecule has 0 aromatic carbocycles. The summed E-state index contributed by atoms with van der Waals surface area (Å²) in [6.07, 6.45) is 26.4. The molecule has 2 rings (SSSR count). The van der Waals surface area contributed by atoms with Crippen molar-refractivity contribution in [1.82, 2.24) is 0 Å². The predicted octanol–water partition coefficient (Wildman–Crippen LogP) is 6.53. The molecule has 54 heavy (non-hydrogen) atoms. The lowest BCUT2D eigenvalue weighted by atomic mass is 9.87. The molecule has 0 saturated carbocycles. The largest absolute Gasteiger partial charge is 0.462 e. The third-order valence-corrected chi connectivity index (χ3v) is 9.66. The second-order valence-corrected chi connectivity index (χ2v) is 14.2. The van der Waals surface area contributed by atoms with Gasteiger partial charge in [0.05, 0.1) is 13.2 Å². The standard InChI is InChI=1S/C43H68O11/c1-3-5-7-8-9-10-11-12-13-14-15-18-23-27-39(47)53-34(32-52-43-42(50)41(49)40(48)37(30-44)54-43)31-51-38(46)26-22-19-16-17-21-24-33-28-29-36(45)35(33)25-20-6-4-2/h5-7,9-10,12-13,20,28-29,33-35,37,40-44,48-50H,3-4,8,11,14-19,21-27,30-32H2,1-2H3/b7-5-,10-9-,13-12-,20-6-/t33-,34+,35-,37+,40-,41-,42+,43+/m0/s1. The Hall–Kier alpha value is -2.93. The molecule has 1 aliphatic carbocycles. The Morgan fingerprint density at radius 2 is 1.39 bits per heavy atom. The number of hydrogen-bond donors (Lipinski definition) is 4. The van der Waals surface area contributed by atoms with Crippen molar-refractivity contribution in [3.8, 4) is 0 Å².